The normalized spacial score (nSPS) is 15.5. The molecule has 3 rings (SSSR count). The van der Waals surface area contributed by atoms with Crippen LogP contribution in [0.2, 0.25) is 0 Å². The Labute approximate surface area is 146 Å². The van der Waals surface area contributed by atoms with E-state index in [-0.39, 0.29) is 5.91 Å². The molecule has 1 amide bonds. The lowest BCUT2D eigenvalue weighted by Gasteiger charge is -2.19. The summed E-state index contributed by atoms with van der Waals surface area (Å²) >= 11 is 14.7. The van der Waals surface area contributed by atoms with E-state index in [1.165, 1.54) is 17.4 Å². The number of nitrogens with one attached hydrogen (secondary N) is 1. The van der Waals surface area contributed by atoms with Gasteiger partial charge >= 0.3 is 0 Å². The highest BCUT2D eigenvalue weighted by molar-refractivity contribution is 9.13. The Morgan fingerprint density at radius 3 is 2.71 bits per heavy atom. The van der Waals surface area contributed by atoms with Crippen molar-refractivity contribution in [1.82, 2.24) is 0 Å². The minimum atomic E-state index is -0.555. The number of aryl methyl sites for hydroxylation is 1. The summed E-state index contributed by atoms with van der Waals surface area (Å²) in [4.78, 5) is 12.2. The third-order valence-corrected chi connectivity index (χ3v) is 7.23. The fourth-order valence-electron chi connectivity index (χ4n) is 2.26. The van der Waals surface area contributed by atoms with Crippen LogP contribution in [0.4, 0.5) is 10.1 Å². The van der Waals surface area contributed by atoms with Gasteiger partial charge in [0.05, 0.1) is 9.16 Å². The molecule has 0 aliphatic carbocycles. The topological polar surface area (TPSA) is 29.1 Å². The van der Waals surface area contributed by atoms with Crippen molar-refractivity contribution >= 4 is 66.4 Å². The van der Waals surface area contributed by atoms with Crippen molar-refractivity contribution in [1.29, 1.82) is 0 Å². The Kier molecular flexibility index (Phi) is 4.41. The largest absolute Gasteiger partial charge is 0.326 e. The number of amides is 1. The van der Waals surface area contributed by atoms with Crippen LogP contribution in [-0.4, -0.2) is 5.91 Å². The first kappa shape index (κ1) is 15.5. The van der Waals surface area contributed by atoms with Crippen molar-refractivity contribution in [2.75, 3.05) is 5.32 Å². The Hall–Kier alpha value is -0.430. The molecule has 1 aliphatic heterocycles. The maximum Gasteiger partial charge on any atom is 0.224 e. The SMILES string of the molecule is O=C1CCc2cc(C(Cl)c3cc(Br)c(Br)s3)c(F)cc2N1. The molecular formula is C14H9Br2ClFNOS. The molecule has 1 aromatic heterocycles. The van der Waals surface area contributed by atoms with E-state index in [9.17, 15) is 9.18 Å². The van der Waals surface area contributed by atoms with Crippen molar-refractivity contribution in [2.45, 2.75) is 18.2 Å². The smallest absolute Gasteiger partial charge is 0.224 e. The first-order valence-corrected chi connectivity index (χ1v) is 9.00. The summed E-state index contributed by atoms with van der Waals surface area (Å²) < 4.78 is 16.1. The van der Waals surface area contributed by atoms with E-state index >= 15 is 0 Å². The molecule has 1 N–H and O–H groups in total. The highest BCUT2D eigenvalue weighted by Gasteiger charge is 2.23. The first-order chi connectivity index (χ1) is 9.95. The average Bonchev–Trinajstić information content (AvgIpc) is 2.77. The number of carbonyl (C=O) groups excluding carboxylic acids is 1. The van der Waals surface area contributed by atoms with Crippen molar-refractivity contribution in [3.05, 3.63) is 48.3 Å². The van der Waals surface area contributed by atoms with E-state index in [4.69, 9.17) is 11.6 Å². The Morgan fingerprint density at radius 1 is 1.29 bits per heavy atom. The molecule has 0 spiro atoms. The molecule has 110 valence electrons. The number of alkyl halides is 1. The van der Waals surface area contributed by atoms with Gasteiger partial charge in [0.15, 0.2) is 0 Å². The predicted octanol–water partition coefficient (Wildman–Crippen LogP) is 5.63. The van der Waals surface area contributed by atoms with E-state index < -0.39 is 11.2 Å². The standard InChI is InChI=1S/C14H9Br2ClFNOS/c15-8-4-11(21-14(8)16)13(17)7-3-6-1-2-12(20)19-10(6)5-9(7)18/h3-5,13H,1-2H2,(H,19,20). The van der Waals surface area contributed by atoms with Crippen LogP contribution in [-0.2, 0) is 11.2 Å². The maximum absolute atomic E-state index is 14.3. The molecule has 1 atom stereocenters. The molecule has 2 heterocycles. The monoisotopic (exact) mass is 451 g/mol. The minimum absolute atomic E-state index is 0.0804. The number of carbonyl (C=O) groups is 1. The van der Waals surface area contributed by atoms with Gasteiger partial charge in [0.2, 0.25) is 5.91 Å². The zero-order valence-electron chi connectivity index (χ0n) is 10.6. The third-order valence-electron chi connectivity index (χ3n) is 3.31. The molecule has 1 aliphatic rings. The number of halogens is 4. The van der Waals surface area contributed by atoms with Gasteiger partial charge in [-0.1, -0.05) is 0 Å². The fourth-order valence-corrected chi connectivity index (χ4v) is 4.71. The predicted molar refractivity (Wildman–Crippen MR) is 90.8 cm³/mol. The number of hydrogen-bond donors (Lipinski definition) is 1. The molecule has 1 unspecified atom stereocenters. The van der Waals surface area contributed by atoms with Gasteiger partial charge in [-0.05, 0) is 62.0 Å². The van der Waals surface area contributed by atoms with Crippen molar-refractivity contribution in [2.24, 2.45) is 0 Å². The van der Waals surface area contributed by atoms with Crippen LogP contribution in [0.3, 0.4) is 0 Å². The van der Waals surface area contributed by atoms with E-state index in [1.54, 1.807) is 6.07 Å². The Balaban J connectivity index is 2.00. The van der Waals surface area contributed by atoms with E-state index in [0.717, 1.165) is 18.7 Å². The Bertz CT molecular complexity index is 715. The second-order valence-electron chi connectivity index (χ2n) is 4.71. The molecular weight excluding hydrogens is 444 g/mol. The summed E-state index contributed by atoms with van der Waals surface area (Å²) in [5.41, 5.74) is 1.91. The van der Waals surface area contributed by atoms with E-state index in [0.29, 0.717) is 24.1 Å². The number of benzene rings is 1. The van der Waals surface area contributed by atoms with Gasteiger partial charge in [-0.2, -0.15) is 0 Å². The summed E-state index contributed by atoms with van der Waals surface area (Å²) in [6.45, 7) is 0. The van der Waals surface area contributed by atoms with Crippen LogP contribution in [0.15, 0.2) is 26.5 Å². The Morgan fingerprint density at radius 2 is 2.05 bits per heavy atom. The molecule has 1 aromatic carbocycles. The molecule has 21 heavy (non-hydrogen) atoms. The summed E-state index contributed by atoms with van der Waals surface area (Å²) in [5, 5.41) is 2.13. The van der Waals surface area contributed by atoms with Gasteiger partial charge in [0.1, 0.15) is 5.82 Å². The van der Waals surface area contributed by atoms with E-state index in [2.05, 4.69) is 37.2 Å². The van der Waals surface area contributed by atoms with Crippen molar-refractivity contribution < 1.29 is 9.18 Å². The van der Waals surface area contributed by atoms with Gasteiger partial charge in [-0.3, -0.25) is 4.79 Å². The summed E-state index contributed by atoms with van der Waals surface area (Å²) in [6, 6.07) is 4.99. The third kappa shape index (κ3) is 3.04. The first-order valence-electron chi connectivity index (χ1n) is 6.16. The number of hydrogen-bond acceptors (Lipinski definition) is 2. The second-order valence-corrected chi connectivity index (χ2v) is 8.40. The van der Waals surface area contributed by atoms with Gasteiger partial charge in [0.25, 0.3) is 0 Å². The van der Waals surface area contributed by atoms with Crippen LogP contribution in [0.1, 0.15) is 27.8 Å². The highest BCUT2D eigenvalue weighted by atomic mass is 79.9. The van der Waals surface area contributed by atoms with Gasteiger partial charge in [-0.15, -0.1) is 22.9 Å². The van der Waals surface area contributed by atoms with Crippen molar-refractivity contribution in [3.63, 3.8) is 0 Å². The quantitative estimate of drug-likeness (QED) is 0.587. The zero-order chi connectivity index (χ0) is 15.1. The van der Waals surface area contributed by atoms with Crippen molar-refractivity contribution in [3.8, 4) is 0 Å². The number of anilines is 1. The van der Waals surface area contributed by atoms with Gasteiger partial charge < -0.3 is 5.32 Å². The van der Waals surface area contributed by atoms with Crippen LogP contribution >= 0.6 is 54.8 Å². The average molecular weight is 454 g/mol. The molecule has 0 radical (unpaired) electrons. The molecule has 0 saturated carbocycles. The molecule has 0 bridgehead atoms. The van der Waals surface area contributed by atoms with Crippen LogP contribution in [0, 0.1) is 5.82 Å². The lowest BCUT2D eigenvalue weighted by atomic mass is 9.98. The molecule has 2 aromatic rings. The number of fused-ring (bicyclic) bond motifs is 1. The molecule has 7 heteroatoms. The number of rotatable bonds is 2. The summed E-state index contributed by atoms with van der Waals surface area (Å²) in [6.07, 6.45) is 1.02. The van der Waals surface area contributed by atoms with E-state index in [1.807, 2.05) is 6.07 Å². The molecule has 0 saturated heterocycles. The van der Waals surface area contributed by atoms with Gasteiger partial charge in [0, 0.05) is 27.0 Å². The lowest BCUT2D eigenvalue weighted by Crippen LogP contribution is -2.19. The second kappa shape index (κ2) is 5.99. The number of thiophene rings is 1. The fraction of sp³-hybridized carbons (Fsp3) is 0.214. The minimum Gasteiger partial charge on any atom is -0.326 e. The van der Waals surface area contributed by atoms with Crippen LogP contribution in [0.5, 0.6) is 0 Å². The van der Waals surface area contributed by atoms with Crippen LogP contribution < -0.4 is 5.32 Å². The van der Waals surface area contributed by atoms with Gasteiger partial charge in [-0.25, -0.2) is 4.39 Å². The maximum atomic E-state index is 14.3. The lowest BCUT2D eigenvalue weighted by molar-refractivity contribution is -0.116. The highest BCUT2D eigenvalue weighted by Crippen LogP contribution is 2.42. The molecule has 2 nitrogen and oxygen atoms in total. The summed E-state index contributed by atoms with van der Waals surface area (Å²) in [5.74, 6) is -0.486. The van der Waals surface area contributed by atoms with Crippen LogP contribution in [0.25, 0.3) is 0 Å². The summed E-state index contributed by atoms with van der Waals surface area (Å²) in [7, 11) is 0. The molecule has 0 fully saturated rings. The zero-order valence-corrected chi connectivity index (χ0v) is 15.3.